The minimum atomic E-state index is -0.727. The zero-order chi connectivity index (χ0) is 8.72. The molecule has 0 saturated carbocycles. The standard InChI is InChI=1S/C5H5N5O2/c6-3-1-2(9-10-3)4(11)8-5(12)7-1/h3H,6H2,(H2,7,8,11,12). The van der Waals surface area contributed by atoms with Gasteiger partial charge in [-0.05, 0) is 0 Å². The topological polar surface area (TPSA) is 116 Å². The summed E-state index contributed by atoms with van der Waals surface area (Å²) in [5.41, 5.74) is 4.59. The lowest BCUT2D eigenvalue weighted by Crippen LogP contribution is -2.24. The molecule has 0 saturated heterocycles. The molecule has 7 nitrogen and oxygen atoms in total. The maximum absolute atomic E-state index is 11.0. The number of azo groups is 1. The molecule has 0 aliphatic carbocycles. The first-order valence-corrected chi connectivity index (χ1v) is 3.21. The highest BCUT2D eigenvalue weighted by Crippen LogP contribution is 2.24. The number of fused-ring (bicyclic) bond motifs is 1. The van der Waals surface area contributed by atoms with Gasteiger partial charge in [0.1, 0.15) is 0 Å². The minimum Gasteiger partial charge on any atom is -0.306 e. The monoisotopic (exact) mass is 167 g/mol. The summed E-state index contributed by atoms with van der Waals surface area (Å²) in [6, 6.07) is 0. The lowest BCUT2D eigenvalue weighted by Gasteiger charge is -1.97. The van der Waals surface area contributed by atoms with Gasteiger partial charge in [-0.3, -0.25) is 9.78 Å². The van der Waals surface area contributed by atoms with Gasteiger partial charge in [0.05, 0.1) is 5.69 Å². The normalized spacial score (nSPS) is 19.6. The third kappa shape index (κ3) is 0.800. The molecule has 2 heterocycles. The summed E-state index contributed by atoms with van der Waals surface area (Å²) in [4.78, 5) is 26.1. The van der Waals surface area contributed by atoms with Gasteiger partial charge in [-0.1, -0.05) is 0 Å². The van der Waals surface area contributed by atoms with E-state index in [9.17, 15) is 9.59 Å². The van der Waals surface area contributed by atoms with Gasteiger partial charge >= 0.3 is 5.69 Å². The Morgan fingerprint density at radius 1 is 1.33 bits per heavy atom. The van der Waals surface area contributed by atoms with E-state index in [1.165, 1.54) is 0 Å². The molecule has 0 fully saturated rings. The number of hydrogen-bond acceptors (Lipinski definition) is 5. The summed E-state index contributed by atoms with van der Waals surface area (Å²) < 4.78 is 0. The van der Waals surface area contributed by atoms with Crippen LogP contribution in [-0.2, 0) is 0 Å². The number of aromatic amines is 2. The van der Waals surface area contributed by atoms with E-state index >= 15 is 0 Å². The SMILES string of the molecule is NC1N=Nc2c1[nH]c(=O)[nH]c2=O. The van der Waals surface area contributed by atoms with Crippen LogP contribution < -0.4 is 17.0 Å². The van der Waals surface area contributed by atoms with Crippen LogP contribution >= 0.6 is 0 Å². The van der Waals surface area contributed by atoms with Crippen molar-refractivity contribution in [1.29, 1.82) is 0 Å². The van der Waals surface area contributed by atoms with E-state index in [-0.39, 0.29) is 11.4 Å². The van der Waals surface area contributed by atoms with Crippen LogP contribution in [-0.4, -0.2) is 9.97 Å². The predicted molar refractivity (Wildman–Crippen MR) is 39.1 cm³/mol. The molecule has 4 N–H and O–H groups in total. The van der Waals surface area contributed by atoms with Crippen molar-refractivity contribution in [2.45, 2.75) is 6.17 Å². The van der Waals surface area contributed by atoms with Crippen molar-refractivity contribution < 1.29 is 0 Å². The minimum absolute atomic E-state index is 0.0853. The molecular formula is C5H5N5O2. The highest BCUT2D eigenvalue weighted by Gasteiger charge is 2.20. The number of nitrogens with one attached hydrogen (secondary N) is 2. The van der Waals surface area contributed by atoms with Crippen LogP contribution in [0.15, 0.2) is 19.8 Å². The molecule has 0 amide bonds. The van der Waals surface area contributed by atoms with Gasteiger partial charge in [0.25, 0.3) is 5.56 Å². The fraction of sp³-hybridized carbons (Fsp3) is 0.200. The summed E-state index contributed by atoms with van der Waals surface area (Å²) in [7, 11) is 0. The average molecular weight is 167 g/mol. The molecule has 1 aliphatic heterocycles. The highest BCUT2D eigenvalue weighted by atomic mass is 16.2. The van der Waals surface area contributed by atoms with E-state index in [0.717, 1.165) is 0 Å². The fourth-order valence-corrected chi connectivity index (χ4v) is 0.988. The van der Waals surface area contributed by atoms with Crippen LogP contribution in [0.4, 0.5) is 5.69 Å². The Bertz CT molecular complexity index is 456. The van der Waals surface area contributed by atoms with E-state index in [1.807, 2.05) is 4.98 Å². The van der Waals surface area contributed by atoms with E-state index in [0.29, 0.717) is 0 Å². The molecule has 0 aromatic carbocycles. The van der Waals surface area contributed by atoms with Gasteiger partial charge in [-0.2, -0.15) is 5.11 Å². The van der Waals surface area contributed by atoms with Crippen molar-refractivity contribution in [3.8, 4) is 0 Å². The maximum atomic E-state index is 11.0. The number of nitrogens with zero attached hydrogens (tertiary/aromatic N) is 2. The molecule has 1 unspecified atom stereocenters. The molecule has 0 radical (unpaired) electrons. The Hall–Kier alpha value is -1.76. The van der Waals surface area contributed by atoms with Crippen molar-refractivity contribution >= 4 is 5.69 Å². The second-order valence-electron chi connectivity index (χ2n) is 2.33. The number of nitrogens with two attached hydrogens (primary N) is 1. The van der Waals surface area contributed by atoms with Gasteiger partial charge < -0.3 is 10.7 Å². The molecule has 0 bridgehead atoms. The summed E-state index contributed by atoms with van der Waals surface area (Å²) in [6.07, 6.45) is -0.727. The molecule has 62 valence electrons. The predicted octanol–water partition coefficient (Wildman–Crippen LogP) is -0.882. The second-order valence-corrected chi connectivity index (χ2v) is 2.33. The Morgan fingerprint density at radius 2 is 2.08 bits per heavy atom. The molecular weight excluding hydrogens is 162 g/mol. The summed E-state index contributed by atoms with van der Waals surface area (Å²) >= 11 is 0. The van der Waals surface area contributed by atoms with E-state index < -0.39 is 17.4 Å². The molecule has 7 heteroatoms. The zero-order valence-electron chi connectivity index (χ0n) is 5.87. The first-order chi connectivity index (χ1) is 5.68. The van der Waals surface area contributed by atoms with Crippen LogP contribution in [0.2, 0.25) is 0 Å². The molecule has 0 spiro atoms. The summed E-state index contributed by atoms with van der Waals surface area (Å²) in [5, 5.41) is 7.03. The zero-order valence-corrected chi connectivity index (χ0v) is 5.87. The fourth-order valence-electron chi connectivity index (χ4n) is 0.988. The molecule has 1 aliphatic rings. The average Bonchev–Trinajstić information content (AvgIpc) is 2.33. The lowest BCUT2D eigenvalue weighted by molar-refractivity contribution is 0.737. The van der Waals surface area contributed by atoms with Crippen molar-refractivity contribution in [1.82, 2.24) is 9.97 Å². The Kier molecular flexibility index (Phi) is 1.22. The van der Waals surface area contributed by atoms with Crippen LogP contribution in [0, 0.1) is 0 Å². The molecule has 1 atom stereocenters. The first-order valence-electron chi connectivity index (χ1n) is 3.21. The molecule has 1 aromatic heterocycles. The van der Waals surface area contributed by atoms with Crippen LogP contribution in [0.5, 0.6) is 0 Å². The number of aromatic nitrogens is 2. The third-order valence-corrected chi connectivity index (χ3v) is 1.52. The van der Waals surface area contributed by atoms with Gasteiger partial charge in [0.2, 0.25) is 0 Å². The van der Waals surface area contributed by atoms with Crippen LogP contribution in [0.25, 0.3) is 0 Å². The van der Waals surface area contributed by atoms with Crippen molar-refractivity contribution in [3.05, 3.63) is 26.5 Å². The van der Waals surface area contributed by atoms with Crippen LogP contribution in [0.3, 0.4) is 0 Å². The first kappa shape index (κ1) is 6.92. The van der Waals surface area contributed by atoms with Crippen molar-refractivity contribution in [2.75, 3.05) is 0 Å². The molecule has 1 aromatic rings. The Balaban J connectivity index is 2.83. The van der Waals surface area contributed by atoms with E-state index in [4.69, 9.17) is 5.73 Å². The van der Waals surface area contributed by atoms with Crippen LogP contribution in [0.1, 0.15) is 11.9 Å². The number of H-pyrrole nitrogens is 2. The van der Waals surface area contributed by atoms with Gasteiger partial charge in [-0.25, -0.2) is 4.79 Å². The van der Waals surface area contributed by atoms with E-state index in [2.05, 4.69) is 15.2 Å². The van der Waals surface area contributed by atoms with Gasteiger partial charge in [0, 0.05) is 0 Å². The van der Waals surface area contributed by atoms with Crippen molar-refractivity contribution in [2.24, 2.45) is 16.0 Å². The third-order valence-electron chi connectivity index (χ3n) is 1.52. The number of rotatable bonds is 0. The maximum Gasteiger partial charge on any atom is 0.326 e. The summed E-state index contributed by atoms with van der Waals surface area (Å²) in [6.45, 7) is 0. The number of hydrogen-bond donors (Lipinski definition) is 3. The van der Waals surface area contributed by atoms with Gasteiger partial charge in [-0.15, -0.1) is 5.11 Å². The Labute approximate surface area is 65.3 Å². The van der Waals surface area contributed by atoms with Crippen molar-refractivity contribution in [3.63, 3.8) is 0 Å². The van der Waals surface area contributed by atoms with Gasteiger partial charge in [0.15, 0.2) is 11.9 Å². The molecule has 2 rings (SSSR count). The molecule has 12 heavy (non-hydrogen) atoms. The smallest absolute Gasteiger partial charge is 0.306 e. The largest absolute Gasteiger partial charge is 0.326 e. The Morgan fingerprint density at radius 3 is 2.83 bits per heavy atom. The summed E-state index contributed by atoms with van der Waals surface area (Å²) in [5.74, 6) is 0. The lowest BCUT2D eigenvalue weighted by atomic mass is 10.3. The second kappa shape index (κ2) is 2.11. The van der Waals surface area contributed by atoms with E-state index in [1.54, 1.807) is 0 Å². The highest BCUT2D eigenvalue weighted by molar-refractivity contribution is 5.42. The quantitative estimate of drug-likeness (QED) is 0.465.